The van der Waals surface area contributed by atoms with Crippen LogP contribution in [0.3, 0.4) is 0 Å². The van der Waals surface area contributed by atoms with Gasteiger partial charge in [0.2, 0.25) is 0 Å². The zero-order valence-corrected chi connectivity index (χ0v) is 20.3. The maximum Gasteiger partial charge on any atom is 0.337 e. The highest BCUT2D eigenvalue weighted by Crippen LogP contribution is 2.38. The van der Waals surface area contributed by atoms with E-state index in [0.717, 1.165) is 24.1 Å². The third-order valence-corrected chi connectivity index (χ3v) is 6.32. The maximum absolute atomic E-state index is 13.7. The molecule has 1 amide bonds. The van der Waals surface area contributed by atoms with Crippen LogP contribution in [0, 0.1) is 0 Å². The number of methoxy groups -OCH3 is 3. The first kappa shape index (κ1) is 23.6. The summed E-state index contributed by atoms with van der Waals surface area (Å²) in [5, 5.41) is 6.90. The van der Waals surface area contributed by atoms with Crippen molar-refractivity contribution in [3.05, 3.63) is 64.9 Å². The molecule has 0 aromatic heterocycles. The first-order chi connectivity index (χ1) is 16.4. The molecule has 2 aromatic rings. The van der Waals surface area contributed by atoms with Gasteiger partial charge in [-0.15, -0.1) is 0 Å². The number of rotatable bonds is 7. The van der Waals surface area contributed by atoms with Crippen LogP contribution in [0.15, 0.2) is 53.7 Å². The topological polar surface area (TPSA) is 89.1 Å². The van der Waals surface area contributed by atoms with Gasteiger partial charge in [0.15, 0.2) is 5.11 Å². The van der Waals surface area contributed by atoms with Crippen molar-refractivity contribution in [2.75, 3.05) is 26.6 Å². The maximum atomic E-state index is 13.7. The number of hydrogen-bond donors (Lipinski definition) is 2. The Balaban J connectivity index is 1.71. The number of hydrogen-bond acceptors (Lipinski definition) is 6. The molecule has 9 heteroatoms. The van der Waals surface area contributed by atoms with Gasteiger partial charge in [0, 0.05) is 17.8 Å². The summed E-state index contributed by atoms with van der Waals surface area (Å²) in [6.07, 6.45) is 2.05. The summed E-state index contributed by atoms with van der Waals surface area (Å²) in [5.41, 5.74) is 3.11. The number of thiocarbonyl (C=S) groups is 1. The van der Waals surface area contributed by atoms with Gasteiger partial charge in [0.1, 0.15) is 11.5 Å². The highest BCUT2D eigenvalue weighted by atomic mass is 32.1. The number of anilines is 1. The third-order valence-electron chi connectivity index (χ3n) is 6.01. The summed E-state index contributed by atoms with van der Waals surface area (Å²) in [5.74, 6) is 0.417. The molecule has 4 rings (SSSR count). The monoisotopic (exact) mass is 481 g/mol. The van der Waals surface area contributed by atoms with Gasteiger partial charge in [-0.2, -0.15) is 0 Å². The molecule has 1 aliphatic carbocycles. The molecule has 1 atom stereocenters. The van der Waals surface area contributed by atoms with Crippen molar-refractivity contribution in [1.29, 1.82) is 0 Å². The lowest BCUT2D eigenvalue weighted by molar-refractivity contribution is -0.113. The minimum absolute atomic E-state index is 0.274. The molecule has 2 aliphatic rings. The van der Waals surface area contributed by atoms with Crippen molar-refractivity contribution in [3.63, 3.8) is 0 Å². The number of carbonyl (C=O) groups is 2. The zero-order valence-electron chi connectivity index (χ0n) is 19.5. The fourth-order valence-electron chi connectivity index (χ4n) is 4.09. The largest absolute Gasteiger partial charge is 0.497 e. The van der Waals surface area contributed by atoms with Crippen molar-refractivity contribution < 1.29 is 23.8 Å². The average molecular weight is 482 g/mol. The first-order valence-corrected chi connectivity index (χ1v) is 11.3. The smallest absolute Gasteiger partial charge is 0.337 e. The molecule has 8 nitrogen and oxygen atoms in total. The number of allylic oxidation sites excluding steroid dienone is 1. The molecule has 178 valence electrons. The normalized spacial score (nSPS) is 17.7. The Kier molecular flexibility index (Phi) is 6.74. The van der Waals surface area contributed by atoms with E-state index in [1.165, 1.54) is 14.2 Å². The highest BCUT2D eigenvalue weighted by molar-refractivity contribution is 7.80. The molecule has 1 heterocycles. The SMILES string of the molecule is COC(=O)c1ccc(C2NC(=S)N(C3CC3)C(C)=C2C(=O)Nc2ccc(OC)cc2OC)cc1. The summed E-state index contributed by atoms with van der Waals surface area (Å²) in [4.78, 5) is 27.5. The summed E-state index contributed by atoms with van der Waals surface area (Å²) < 4.78 is 15.5. The third kappa shape index (κ3) is 4.56. The minimum Gasteiger partial charge on any atom is -0.497 e. The molecule has 0 bridgehead atoms. The fourth-order valence-corrected chi connectivity index (χ4v) is 4.50. The van der Waals surface area contributed by atoms with Crippen LogP contribution in [0.5, 0.6) is 11.5 Å². The number of benzene rings is 2. The Morgan fingerprint density at radius 2 is 1.76 bits per heavy atom. The van der Waals surface area contributed by atoms with Crippen LogP contribution in [-0.2, 0) is 9.53 Å². The van der Waals surface area contributed by atoms with E-state index in [0.29, 0.717) is 39.5 Å². The summed E-state index contributed by atoms with van der Waals surface area (Å²) >= 11 is 5.66. The van der Waals surface area contributed by atoms with Crippen LogP contribution in [0.4, 0.5) is 5.69 Å². The molecule has 1 fully saturated rings. The van der Waals surface area contributed by atoms with Gasteiger partial charge in [-0.1, -0.05) is 12.1 Å². The van der Waals surface area contributed by atoms with E-state index in [1.807, 2.05) is 11.8 Å². The number of amides is 1. The van der Waals surface area contributed by atoms with Gasteiger partial charge >= 0.3 is 5.97 Å². The average Bonchev–Trinajstić information content (AvgIpc) is 3.68. The quantitative estimate of drug-likeness (QED) is 0.456. The van der Waals surface area contributed by atoms with E-state index >= 15 is 0 Å². The van der Waals surface area contributed by atoms with Gasteiger partial charge in [0.25, 0.3) is 5.91 Å². The van der Waals surface area contributed by atoms with Crippen LogP contribution in [0.1, 0.15) is 41.7 Å². The molecule has 0 saturated heterocycles. The molecule has 0 radical (unpaired) electrons. The van der Waals surface area contributed by atoms with Crippen LogP contribution in [0.2, 0.25) is 0 Å². The van der Waals surface area contributed by atoms with Crippen LogP contribution in [-0.4, -0.2) is 49.3 Å². The summed E-state index contributed by atoms with van der Waals surface area (Å²) in [7, 11) is 4.45. The molecule has 34 heavy (non-hydrogen) atoms. The molecule has 1 aliphatic heterocycles. The molecular formula is C25H27N3O5S. The van der Waals surface area contributed by atoms with E-state index in [9.17, 15) is 9.59 Å². The first-order valence-electron chi connectivity index (χ1n) is 10.9. The minimum atomic E-state index is -0.488. The lowest BCUT2D eigenvalue weighted by atomic mass is 9.93. The Morgan fingerprint density at radius 3 is 2.35 bits per heavy atom. The Labute approximate surface area is 203 Å². The predicted octanol–water partition coefficient (Wildman–Crippen LogP) is 3.80. The van der Waals surface area contributed by atoms with Crippen molar-refractivity contribution in [3.8, 4) is 11.5 Å². The van der Waals surface area contributed by atoms with Gasteiger partial charge in [-0.3, -0.25) is 4.79 Å². The molecular weight excluding hydrogens is 454 g/mol. The second kappa shape index (κ2) is 9.72. The van der Waals surface area contributed by atoms with Gasteiger partial charge in [-0.05, 0) is 61.8 Å². The highest BCUT2D eigenvalue weighted by Gasteiger charge is 2.40. The molecule has 2 N–H and O–H groups in total. The molecule has 1 saturated carbocycles. The zero-order chi connectivity index (χ0) is 24.4. The summed E-state index contributed by atoms with van der Waals surface area (Å²) in [6, 6.07) is 12.0. The number of nitrogens with zero attached hydrogens (tertiary/aromatic N) is 1. The van der Waals surface area contributed by atoms with Gasteiger partial charge in [0.05, 0.1) is 44.2 Å². The predicted molar refractivity (Wildman–Crippen MR) is 132 cm³/mol. The van der Waals surface area contributed by atoms with E-state index in [4.69, 9.17) is 26.4 Å². The second-order valence-electron chi connectivity index (χ2n) is 8.12. The number of ether oxygens (including phenoxy) is 3. The van der Waals surface area contributed by atoms with Crippen LogP contribution >= 0.6 is 12.2 Å². The van der Waals surface area contributed by atoms with E-state index in [-0.39, 0.29) is 5.91 Å². The Hall–Kier alpha value is -3.59. The Morgan fingerprint density at radius 1 is 1.06 bits per heavy atom. The number of nitrogens with one attached hydrogen (secondary N) is 2. The fraction of sp³-hybridized carbons (Fsp3) is 0.320. The Bertz CT molecular complexity index is 1160. The van der Waals surface area contributed by atoms with E-state index in [2.05, 4.69) is 10.6 Å². The second-order valence-corrected chi connectivity index (χ2v) is 8.50. The van der Waals surface area contributed by atoms with Crippen molar-refractivity contribution in [2.45, 2.75) is 31.8 Å². The van der Waals surface area contributed by atoms with E-state index < -0.39 is 12.0 Å². The van der Waals surface area contributed by atoms with Gasteiger partial charge in [-0.25, -0.2) is 4.79 Å². The van der Waals surface area contributed by atoms with E-state index in [1.54, 1.807) is 49.6 Å². The molecule has 1 unspecified atom stereocenters. The molecule has 2 aromatic carbocycles. The number of carbonyl (C=O) groups excluding carboxylic acids is 2. The van der Waals surface area contributed by atoms with Crippen molar-refractivity contribution in [2.24, 2.45) is 0 Å². The van der Waals surface area contributed by atoms with Gasteiger partial charge < -0.3 is 29.7 Å². The number of esters is 1. The van der Waals surface area contributed by atoms with Crippen molar-refractivity contribution >= 4 is 34.9 Å². The van der Waals surface area contributed by atoms with Crippen LogP contribution < -0.4 is 20.1 Å². The molecule has 0 spiro atoms. The van der Waals surface area contributed by atoms with Crippen LogP contribution in [0.25, 0.3) is 0 Å². The summed E-state index contributed by atoms with van der Waals surface area (Å²) in [6.45, 7) is 1.92. The van der Waals surface area contributed by atoms with Crippen molar-refractivity contribution in [1.82, 2.24) is 10.2 Å². The lowest BCUT2D eigenvalue weighted by Gasteiger charge is -2.38. The standard InChI is InChI=1S/C25H27N3O5S/c1-14-21(23(29)26-19-12-11-18(31-2)13-20(19)32-3)22(27-25(34)28(14)17-9-10-17)15-5-7-16(8-6-15)24(30)33-4/h5-8,11-13,17,22H,9-10H2,1-4H3,(H,26,29)(H,27,34). The lowest BCUT2D eigenvalue weighted by Crippen LogP contribution is -2.49.